The molecule has 1 N–H and O–H groups in total. The van der Waals surface area contributed by atoms with E-state index in [0.717, 1.165) is 18.3 Å². The molecule has 0 spiro atoms. The van der Waals surface area contributed by atoms with Crippen LogP contribution in [0.3, 0.4) is 0 Å². The molecule has 150 valence electrons. The Labute approximate surface area is 159 Å². The minimum absolute atomic E-state index is 0.0577. The van der Waals surface area contributed by atoms with Crippen molar-refractivity contribution in [1.82, 2.24) is 4.72 Å². The lowest BCUT2D eigenvalue weighted by Gasteiger charge is -2.17. The summed E-state index contributed by atoms with van der Waals surface area (Å²) in [7, 11) is -3.31. The summed E-state index contributed by atoms with van der Waals surface area (Å²) in [6.07, 6.45) is 8.51. The van der Waals surface area contributed by atoms with Crippen LogP contribution in [0.1, 0.15) is 47.0 Å². The fourth-order valence-corrected chi connectivity index (χ4v) is 3.01. The van der Waals surface area contributed by atoms with Gasteiger partial charge in [0.15, 0.2) is 0 Å². The highest BCUT2D eigenvalue weighted by molar-refractivity contribution is 7.89. The van der Waals surface area contributed by atoms with Crippen molar-refractivity contribution in [3.8, 4) is 0 Å². The molecule has 1 aliphatic carbocycles. The lowest BCUT2D eigenvalue weighted by atomic mass is 9.99. The van der Waals surface area contributed by atoms with Crippen LogP contribution in [0.5, 0.6) is 0 Å². The Bertz CT molecular complexity index is 596. The van der Waals surface area contributed by atoms with Gasteiger partial charge in [0.25, 0.3) is 0 Å². The third-order valence-corrected chi connectivity index (χ3v) is 5.07. The van der Waals surface area contributed by atoms with Crippen molar-refractivity contribution >= 4 is 10.0 Å². The minimum Gasteiger partial charge on any atom is -0.498 e. The van der Waals surface area contributed by atoms with Crippen molar-refractivity contribution in [3.63, 3.8) is 0 Å². The van der Waals surface area contributed by atoms with Crippen LogP contribution in [0.2, 0.25) is 0 Å². The Morgan fingerprint density at radius 3 is 2.62 bits per heavy atom. The Balaban J connectivity index is 2.18. The predicted octanol–water partition coefficient (Wildman–Crippen LogP) is 3.80. The molecule has 6 heteroatoms. The van der Waals surface area contributed by atoms with E-state index >= 15 is 0 Å². The van der Waals surface area contributed by atoms with Crippen molar-refractivity contribution in [2.24, 2.45) is 11.3 Å². The van der Waals surface area contributed by atoms with E-state index in [1.807, 2.05) is 19.1 Å². The van der Waals surface area contributed by atoms with Gasteiger partial charge < -0.3 is 9.47 Å². The van der Waals surface area contributed by atoms with Gasteiger partial charge in [-0.25, -0.2) is 13.1 Å². The number of hydrogen-bond acceptors (Lipinski definition) is 4. The molecule has 0 radical (unpaired) electrons. The summed E-state index contributed by atoms with van der Waals surface area (Å²) >= 11 is 0. The third kappa shape index (κ3) is 13.1. The first-order valence-corrected chi connectivity index (χ1v) is 10.9. The molecule has 1 rings (SSSR count). The zero-order chi connectivity index (χ0) is 19.6. The Kier molecular flexibility index (Phi) is 9.61. The number of allylic oxidation sites excluding steroid dienone is 3. The van der Waals surface area contributed by atoms with Crippen molar-refractivity contribution < 1.29 is 17.9 Å². The van der Waals surface area contributed by atoms with Gasteiger partial charge in [-0.2, -0.15) is 0 Å². The Hall–Kier alpha value is -1.11. The molecule has 1 saturated carbocycles. The first kappa shape index (κ1) is 22.9. The second-order valence-electron chi connectivity index (χ2n) is 8.16. The molecule has 5 nitrogen and oxygen atoms in total. The zero-order valence-electron chi connectivity index (χ0n) is 16.7. The SMILES string of the molecule is C=C(/C=C\C=C(/C)OCC1CC1)CNS(=O)(=O)CCCOCC(C)(C)C. The number of nitrogens with one attached hydrogen (secondary N) is 1. The standard InChI is InChI=1S/C20H35NO4S/c1-17(8-6-9-18(2)25-15-19-10-11-19)14-21-26(22,23)13-7-12-24-16-20(3,4)5/h6,8-9,19,21H,1,7,10-16H2,2-5H3/b8-6-,18-9+. The molecule has 0 aromatic rings. The largest absolute Gasteiger partial charge is 0.498 e. The summed E-state index contributed by atoms with van der Waals surface area (Å²) in [6, 6.07) is 0. The van der Waals surface area contributed by atoms with Gasteiger partial charge in [0, 0.05) is 13.2 Å². The van der Waals surface area contributed by atoms with E-state index in [1.54, 1.807) is 6.08 Å². The summed E-state index contributed by atoms with van der Waals surface area (Å²) < 4.78 is 37.6. The van der Waals surface area contributed by atoms with Crippen molar-refractivity contribution in [3.05, 3.63) is 36.1 Å². The smallest absolute Gasteiger partial charge is 0.211 e. The molecule has 0 unspecified atom stereocenters. The van der Waals surface area contributed by atoms with E-state index in [1.165, 1.54) is 12.8 Å². The predicted molar refractivity (Wildman–Crippen MR) is 107 cm³/mol. The van der Waals surface area contributed by atoms with Crippen LogP contribution < -0.4 is 4.72 Å². The molecule has 1 aliphatic rings. The molecular weight excluding hydrogens is 350 g/mol. The first-order chi connectivity index (χ1) is 12.1. The highest BCUT2D eigenvalue weighted by Gasteiger charge is 2.21. The quantitative estimate of drug-likeness (QED) is 0.297. The molecule has 0 aromatic heterocycles. The maximum atomic E-state index is 12.0. The number of ether oxygens (including phenoxy) is 2. The summed E-state index contributed by atoms with van der Waals surface area (Å²) in [5, 5.41) is 0. The highest BCUT2D eigenvalue weighted by Crippen LogP contribution is 2.29. The summed E-state index contributed by atoms with van der Waals surface area (Å²) in [6.45, 7) is 14.1. The molecular formula is C20H35NO4S. The van der Waals surface area contributed by atoms with Gasteiger partial charge in [0.2, 0.25) is 10.0 Å². The van der Waals surface area contributed by atoms with Crippen LogP contribution in [0, 0.1) is 11.3 Å². The van der Waals surface area contributed by atoms with Gasteiger partial charge in [-0.15, -0.1) is 0 Å². The summed E-state index contributed by atoms with van der Waals surface area (Å²) in [4.78, 5) is 0. The molecule has 1 fully saturated rings. The van der Waals surface area contributed by atoms with Gasteiger partial charge in [-0.05, 0) is 49.2 Å². The molecule has 0 saturated heterocycles. The van der Waals surface area contributed by atoms with Gasteiger partial charge in [-0.3, -0.25) is 0 Å². The van der Waals surface area contributed by atoms with Gasteiger partial charge in [-0.1, -0.05) is 39.5 Å². The Morgan fingerprint density at radius 1 is 1.31 bits per heavy atom. The lowest BCUT2D eigenvalue weighted by molar-refractivity contribution is 0.0720. The monoisotopic (exact) mass is 385 g/mol. The average Bonchev–Trinajstić information content (AvgIpc) is 3.34. The van der Waals surface area contributed by atoms with E-state index in [4.69, 9.17) is 9.47 Å². The van der Waals surface area contributed by atoms with Crippen LogP contribution in [-0.4, -0.2) is 40.5 Å². The Morgan fingerprint density at radius 2 is 2.00 bits per heavy atom. The van der Waals surface area contributed by atoms with Crippen LogP contribution >= 0.6 is 0 Å². The molecule has 0 aliphatic heterocycles. The van der Waals surface area contributed by atoms with Crippen LogP contribution in [0.15, 0.2) is 36.1 Å². The highest BCUT2D eigenvalue weighted by atomic mass is 32.2. The van der Waals surface area contributed by atoms with E-state index in [2.05, 4.69) is 32.1 Å². The summed E-state index contributed by atoms with van der Waals surface area (Å²) in [5.41, 5.74) is 0.792. The topological polar surface area (TPSA) is 64.6 Å². The molecule has 0 bridgehead atoms. The molecule has 0 aromatic carbocycles. The summed E-state index contributed by atoms with van der Waals surface area (Å²) in [5.74, 6) is 1.64. The van der Waals surface area contributed by atoms with Crippen LogP contribution in [-0.2, 0) is 19.5 Å². The van der Waals surface area contributed by atoms with Gasteiger partial charge >= 0.3 is 0 Å². The third-order valence-electron chi connectivity index (χ3n) is 3.66. The van der Waals surface area contributed by atoms with Crippen LogP contribution in [0.25, 0.3) is 0 Å². The second kappa shape index (κ2) is 10.9. The van der Waals surface area contributed by atoms with Crippen LogP contribution in [0.4, 0.5) is 0 Å². The lowest BCUT2D eigenvalue weighted by Crippen LogP contribution is -2.28. The second-order valence-corrected chi connectivity index (χ2v) is 10.1. The molecule has 0 heterocycles. The number of rotatable bonds is 13. The normalized spacial score (nSPS) is 16.2. The average molecular weight is 386 g/mol. The fraction of sp³-hybridized carbons (Fsp3) is 0.700. The van der Waals surface area contributed by atoms with Crippen molar-refractivity contribution in [1.29, 1.82) is 0 Å². The number of sulfonamides is 1. The maximum absolute atomic E-state index is 12.0. The van der Waals surface area contributed by atoms with E-state index in [-0.39, 0.29) is 17.7 Å². The van der Waals surface area contributed by atoms with Crippen molar-refractivity contribution in [2.45, 2.75) is 47.0 Å². The van der Waals surface area contributed by atoms with E-state index in [9.17, 15) is 8.42 Å². The van der Waals surface area contributed by atoms with Gasteiger partial charge in [0.1, 0.15) is 0 Å². The van der Waals surface area contributed by atoms with E-state index < -0.39 is 10.0 Å². The fourth-order valence-electron chi connectivity index (χ4n) is 1.96. The zero-order valence-corrected chi connectivity index (χ0v) is 17.5. The molecule has 0 atom stereocenters. The van der Waals surface area contributed by atoms with Crippen molar-refractivity contribution in [2.75, 3.05) is 32.1 Å². The molecule has 26 heavy (non-hydrogen) atoms. The van der Waals surface area contributed by atoms with E-state index in [0.29, 0.717) is 25.2 Å². The molecule has 0 amide bonds. The minimum atomic E-state index is -3.31. The first-order valence-electron chi connectivity index (χ1n) is 9.28. The van der Waals surface area contributed by atoms with Gasteiger partial charge in [0.05, 0.1) is 24.7 Å². The maximum Gasteiger partial charge on any atom is 0.211 e. The number of hydrogen-bond donors (Lipinski definition) is 1.